The van der Waals surface area contributed by atoms with E-state index in [4.69, 9.17) is 4.74 Å². The number of hydrogen-bond donors (Lipinski definition) is 2. The fraction of sp³-hybridized carbons (Fsp3) is 0.300. The highest BCUT2D eigenvalue weighted by molar-refractivity contribution is 7.90. The summed E-state index contributed by atoms with van der Waals surface area (Å²) < 4.78 is 32.6. The highest BCUT2D eigenvalue weighted by Gasteiger charge is 2.18. The Kier molecular flexibility index (Phi) is 6.30. The SMILES string of the molecule is COc1ccc(CCC(=O)Nc2cccc(S(=O)(=O)NC3=NCCC3)c2)cc1. The van der Waals surface area contributed by atoms with Gasteiger partial charge in [-0.2, -0.15) is 0 Å². The molecule has 3 rings (SSSR count). The summed E-state index contributed by atoms with van der Waals surface area (Å²) in [5.74, 6) is 1.07. The molecule has 2 aromatic carbocycles. The molecule has 2 aromatic rings. The molecule has 0 atom stereocenters. The van der Waals surface area contributed by atoms with E-state index in [1.165, 1.54) is 12.1 Å². The van der Waals surface area contributed by atoms with Crippen LogP contribution in [0.15, 0.2) is 58.4 Å². The van der Waals surface area contributed by atoms with Crippen molar-refractivity contribution in [3.63, 3.8) is 0 Å². The van der Waals surface area contributed by atoms with Gasteiger partial charge in [0.05, 0.1) is 12.0 Å². The van der Waals surface area contributed by atoms with Crippen molar-refractivity contribution in [3.8, 4) is 5.75 Å². The minimum absolute atomic E-state index is 0.0926. The summed E-state index contributed by atoms with van der Waals surface area (Å²) in [5, 5.41) is 2.75. The van der Waals surface area contributed by atoms with E-state index in [-0.39, 0.29) is 10.8 Å². The second kappa shape index (κ2) is 8.88. The first kappa shape index (κ1) is 19.9. The molecule has 1 aliphatic heterocycles. The standard InChI is InChI=1S/C20H23N3O4S/c1-27-17-10-7-15(8-11-17)9-12-20(24)22-16-4-2-5-18(14-16)28(25,26)23-19-6-3-13-21-19/h2,4-5,7-8,10-11,14H,3,6,9,12-13H2,1H3,(H,21,23)(H,22,24). The first-order chi connectivity index (χ1) is 13.5. The summed E-state index contributed by atoms with van der Waals surface area (Å²) in [6.45, 7) is 0.641. The predicted octanol–water partition coefficient (Wildman–Crippen LogP) is 2.74. The number of nitrogens with zero attached hydrogens (tertiary/aromatic N) is 1. The van der Waals surface area contributed by atoms with Crippen molar-refractivity contribution < 1.29 is 17.9 Å². The molecule has 0 unspecified atom stereocenters. The van der Waals surface area contributed by atoms with Gasteiger partial charge >= 0.3 is 0 Å². The highest BCUT2D eigenvalue weighted by atomic mass is 32.2. The number of hydrogen-bond acceptors (Lipinski definition) is 5. The van der Waals surface area contributed by atoms with Crippen molar-refractivity contribution in [1.29, 1.82) is 0 Å². The van der Waals surface area contributed by atoms with Crippen molar-refractivity contribution in [2.45, 2.75) is 30.6 Å². The van der Waals surface area contributed by atoms with Crippen LogP contribution in [0.4, 0.5) is 5.69 Å². The maximum atomic E-state index is 12.5. The zero-order chi connectivity index (χ0) is 20.0. The van der Waals surface area contributed by atoms with Crippen LogP contribution < -0.4 is 14.8 Å². The fourth-order valence-corrected chi connectivity index (χ4v) is 3.99. The predicted molar refractivity (Wildman–Crippen MR) is 108 cm³/mol. The number of aryl methyl sites for hydroxylation is 1. The molecule has 8 heteroatoms. The molecule has 148 valence electrons. The van der Waals surface area contributed by atoms with E-state index in [0.29, 0.717) is 37.3 Å². The number of amides is 1. The Morgan fingerprint density at radius 1 is 1.18 bits per heavy atom. The van der Waals surface area contributed by atoms with Gasteiger partial charge in [0.25, 0.3) is 10.0 Å². The van der Waals surface area contributed by atoms with E-state index in [0.717, 1.165) is 17.7 Å². The first-order valence-electron chi connectivity index (χ1n) is 9.05. The van der Waals surface area contributed by atoms with Crippen LogP contribution in [0.2, 0.25) is 0 Å². The minimum atomic E-state index is -3.71. The van der Waals surface area contributed by atoms with Gasteiger partial charge in [0.15, 0.2) is 0 Å². The van der Waals surface area contributed by atoms with E-state index < -0.39 is 10.0 Å². The van der Waals surface area contributed by atoms with Gasteiger partial charge in [-0.1, -0.05) is 18.2 Å². The van der Waals surface area contributed by atoms with Crippen LogP contribution in [-0.2, 0) is 21.2 Å². The molecule has 7 nitrogen and oxygen atoms in total. The summed E-state index contributed by atoms with van der Waals surface area (Å²) in [6.07, 6.45) is 2.34. The van der Waals surface area contributed by atoms with Gasteiger partial charge < -0.3 is 10.1 Å². The lowest BCUT2D eigenvalue weighted by Crippen LogP contribution is -2.29. The number of carbonyl (C=O) groups excluding carboxylic acids is 1. The average Bonchev–Trinajstić information content (AvgIpc) is 3.19. The van der Waals surface area contributed by atoms with Gasteiger partial charge in [-0.25, -0.2) is 8.42 Å². The molecule has 28 heavy (non-hydrogen) atoms. The van der Waals surface area contributed by atoms with Crippen LogP contribution in [0.5, 0.6) is 5.75 Å². The molecule has 2 N–H and O–H groups in total. The van der Waals surface area contributed by atoms with Gasteiger partial charge in [0, 0.05) is 25.1 Å². The van der Waals surface area contributed by atoms with E-state index in [2.05, 4.69) is 15.0 Å². The van der Waals surface area contributed by atoms with Crippen molar-refractivity contribution in [2.75, 3.05) is 19.0 Å². The molecule has 0 aliphatic carbocycles. The van der Waals surface area contributed by atoms with Crippen molar-refractivity contribution in [3.05, 3.63) is 54.1 Å². The molecule has 0 spiro atoms. The maximum Gasteiger partial charge on any atom is 0.262 e. The number of amidine groups is 1. The third-order valence-corrected chi connectivity index (χ3v) is 5.73. The molecule has 0 saturated carbocycles. The Morgan fingerprint density at radius 2 is 1.96 bits per heavy atom. The number of sulfonamides is 1. The van der Waals surface area contributed by atoms with Crippen molar-refractivity contribution >= 4 is 27.5 Å². The van der Waals surface area contributed by atoms with Gasteiger partial charge in [-0.3, -0.25) is 14.5 Å². The molecule has 1 heterocycles. The molecule has 0 bridgehead atoms. The Bertz CT molecular complexity index is 969. The lowest BCUT2D eigenvalue weighted by Gasteiger charge is -2.10. The number of aliphatic imine (C=N–C) groups is 1. The molecular formula is C20H23N3O4S. The smallest absolute Gasteiger partial charge is 0.262 e. The summed E-state index contributed by atoms with van der Waals surface area (Å²) in [4.78, 5) is 16.5. The van der Waals surface area contributed by atoms with Gasteiger partial charge in [0.1, 0.15) is 11.6 Å². The molecule has 0 radical (unpaired) electrons. The third kappa shape index (κ3) is 5.32. The molecule has 0 aromatic heterocycles. The number of nitrogens with one attached hydrogen (secondary N) is 2. The number of ether oxygens (including phenoxy) is 1. The first-order valence-corrected chi connectivity index (χ1v) is 10.5. The van der Waals surface area contributed by atoms with Crippen molar-refractivity contribution in [1.82, 2.24) is 4.72 Å². The highest BCUT2D eigenvalue weighted by Crippen LogP contribution is 2.17. The monoisotopic (exact) mass is 401 g/mol. The fourth-order valence-electron chi connectivity index (χ4n) is 2.85. The van der Waals surface area contributed by atoms with Gasteiger partial charge in [0.2, 0.25) is 5.91 Å². The molecule has 0 saturated heterocycles. The Morgan fingerprint density at radius 3 is 2.64 bits per heavy atom. The molecule has 0 fully saturated rings. The van der Waals surface area contributed by atoms with Crippen LogP contribution in [-0.4, -0.2) is 33.8 Å². The number of benzene rings is 2. The van der Waals surface area contributed by atoms with E-state index in [1.54, 1.807) is 19.2 Å². The number of rotatable bonds is 7. The van der Waals surface area contributed by atoms with Crippen LogP contribution in [0.25, 0.3) is 0 Å². The lowest BCUT2D eigenvalue weighted by atomic mass is 10.1. The Balaban J connectivity index is 1.59. The molecule has 1 amide bonds. The zero-order valence-corrected chi connectivity index (χ0v) is 16.5. The topological polar surface area (TPSA) is 96.9 Å². The summed E-state index contributed by atoms with van der Waals surface area (Å²) in [6, 6.07) is 13.7. The van der Waals surface area contributed by atoms with Crippen LogP contribution in [0, 0.1) is 0 Å². The van der Waals surface area contributed by atoms with E-state index >= 15 is 0 Å². The number of carbonyl (C=O) groups is 1. The zero-order valence-electron chi connectivity index (χ0n) is 15.6. The van der Waals surface area contributed by atoms with Crippen LogP contribution in [0.3, 0.4) is 0 Å². The molecule has 1 aliphatic rings. The number of methoxy groups -OCH3 is 1. The minimum Gasteiger partial charge on any atom is -0.497 e. The third-order valence-electron chi connectivity index (χ3n) is 4.35. The van der Waals surface area contributed by atoms with Crippen LogP contribution >= 0.6 is 0 Å². The van der Waals surface area contributed by atoms with E-state index in [1.807, 2.05) is 24.3 Å². The second-order valence-corrected chi connectivity index (χ2v) is 8.14. The van der Waals surface area contributed by atoms with Crippen molar-refractivity contribution in [2.24, 2.45) is 4.99 Å². The Hall–Kier alpha value is -2.87. The number of anilines is 1. The summed E-state index contributed by atoms with van der Waals surface area (Å²) in [7, 11) is -2.10. The summed E-state index contributed by atoms with van der Waals surface area (Å²) >= 11 is 0. The van der Waals surface area contributed by atoms with Crippen LogP contribution in [0.1, 0.15) is 24.8 Å². The summed E-state index contributed by atoms with van der Waals surface area (Å²) in [5.41, 5.74) is 1.46. The second-order valence-electron chi connectivity index (χ2n) is 6.46. The maximum absolute atomic E-state index is 12.5. The van der Waals surface area contributed by atoms with Gasteiger partial charge in [-0.05, 0) is 48.7 Å². The average molecular weight is 401 g/mol. The quantitative estimate of drug-likeness (QED) is 0.745. The van der Waals surface area contributed by atoms with Gasteiger partial charge in [-0.15, -0.1) is 0 Å². The Labute approximate surface area is 164 Å². The lowest BCUT2D eigenvalue weighted by molar-refractivity contribution is -0.116. The molecular weight excluding hydrogens is 378 g/mol. The van der Waals surface area contributed by atoms with E-state index in [9.17, 15) is 13.2 Å². The normalized spacial score (nSPS) is 13.7. The largest absolute Gasteiger partial charge is 0.497 e.